The van der Waals surface area contributed by atoms with Gasteiger partial charge in [-0.2, -0.15) is 5.10 Å². The van der Waals surface area contributed by atoms with E-state index in [0.717, 1.165) is 21.5 Å². The number of amides is 1. The van der Waals surface area contributed by atoms with Gasteiger partial charge in [-0.05, 0) is 50.6 Å². The van der Waals surface area contributed by atoms with Crippen LogP contribution in [0.5, 0.6) is 11.5 Å². The summed E-state index contributed by atoms with van der Waals surface area (Å²) in [6.45, 7) is 7.34. The Morgan fingerprint density at radius 2 is 1.91 bits per heavy atom. The van der Waals surface area contributed by atoms with Crippen LogP contribution in [0, 0.1) is 6.92 Å². The van der Waals surface area contributed by atoms with Gasteiger partial charge >= 0.3 is 0 Å². The third-order valence-corrected chi connectivity index (χ3v) is 6.44. The molecule has 0 saturated carbocycles. The minimum Gasteiger partial charge on any atom is -0.494 e. The lowest BCUT2D eigenvalue weighted by Gasteiger charge is -2.13. The highest BCUT2D eigenvalue weighted by Gasteiger charge is 2.18. The molecule has 2 aromatic carbocycles. The van der Waals surface area contributed by atoms with Crippen LogP contribution >= 0.6 is 22.9 Å². The summed E-state index contributed by atoms with van der Waals surface area (Å²) >= 11 is 7.73. The molecule has 166 valence electrons. The van der Waals surface area contributed by atoms with Crippen molar-refractivity contribution in [3.8, 4) is 11.5 Å². The number of anilines is 1. The molecule has 0 aliphatic rings. The maximum atomic E-state index is 13.1. The van der Waals surface area contributed by atoms with E-state index in [9.17, 15) is 4.79 Å². The van der Waals surface area contributed by atoms with Gasteiger partial charge in [-0.3, -0.25) is 9.48 Å². The van der Waals surface area contributed by atoms with Gasteiger partial charge in [0.25, 0.3) is 5.91 Å². The molecule has 0 saturated heterocycles. The van der Waals surface area contributed by atoms with Crippen molar-refractivity contribution in [1.82, 2.24) is 9.78 Å². The van der Waals surface area contributed by atoms with E-state index < -0.39 is 0 Å². The molecule has 6 nitrogen and oxygen atoms in total. The van der Waals surface area contributed by atoms with Crippen LogP contribution in [0.25, 0.3) is 10.2 Å². The number of halogens is 1. The molecule has 0 radical (unpaired) electrons. The van der Waals surface area contributed by atoms with Crippen LogP contribution in [0.3, 0.4) is 0 Å². The van der Waals surface area contributed by atoms with Crippen LogP contribution in [0.2, 0.25) is 5.02 Å². The number of benzene rings is 2. The van der Waals surface area contributed by atoms with E-state index in [2.05, 4.69) is 10.4 Å². The SMILES string of the molecule is CCOc1ccc(OCC)c(NC(=O)c2cc3c(C)nn(Cc4ccccc4Cl)c3s2)c1. The molecule has 2 aromatic heterocycles. The van der Waals surface area contributed by atoms with E-state index in [0.29, 0.717) is 46.8 Å². The molecule has 4 aromatic rings. The second-order valence-corrected chi connectivity index (χ2v) is 8.58. The van der Waals surface area contributed by atoms with Crippen molar-refractivity contribution >= 4 is 44.7 Å². The summed E-state index contributed by atoms with van der Waals surface area (Å²) in [5.74, 6) is 1.07. The summed E-state index contributed by atoms with van der Waals surface area (Å²) < 4.78 is 13.1. The minimum atomic E-state index is -0.204. The van der Waals surface area contributed by atoms with Crippen LogP contribution in [-0.2, 0) is 6.54 Å². The molecule has 0 aliphatic heterocycles. The van der Waals surface area contributed by atoms with E-state index in [4.69, 9.17) is 21.1 Å². The third-order valence-electron chi connectivity index (χ3n) is 4.92. The molecule has 0 fully saturated rings. The topological polar surface area (TPSA) is 65.4 Å². The van der Waals surface area contributed by atoms with Gasteiger partial charge in [0.1, 0.15) is 16.3 Å². The fraction of sp³-hybridized carbons (Fsp3) is 0.250. The average molecular weight is 470 g/mol. The van der Waals surface area contributed by atoms with Crippen molar-refractivity contribution in [2.75, 3.05) is 18.5 Å². The molecule has 32 heavy (non-hydrogen) atoms. The van der Waals surface area contributed by atoms with Crippen LogP contribution in [0.4, 0.5) is 5.69 Å². The molecule has 0 bridgehead atoms. The lowest BCUT2D eigenvalue weighted by molar-refractivity contribution is 0.103. The van der Waals surface area contributed by atoms with E-state index in [1.54, 1.807) is 12.1 Å². The maximum absolute atomic E-state index is 13.1. The molecule has 2 heterocycles. The van der Waals surface area contributed by atoms with Gasteiger partial charge in [0, 0.05) is 16.5 Å². The number of aromatic nitrogens is 2. The quantitative estimate of drug-likeness (QED) is 0.335. The standard InChI is InChI=1S/C24H24ClN3O3S/c1-4-30-17-10-11-21(31-5-2)20(12-17)26-23(29)22-13-18-15(3)27-28(24(18)32-22)14-16-8-6-7-9-19(16)25/h6-13H,4-5,14H2,1-3H3,(H,26,29). The molecule has 0 aliphatic carbocycles. The molecule has 4 rings (SSSR count). The number of hydrogen-bond acceptors (Lipinski definition) is 5. The number of hydrogen-bond donors (Lipinski definition) is 1. The summed E-state index contributed by atoms with van der Waals surface area (Å²) in [7, 11) is 0. The highest BCUT2D eigenvalue weighted by Crippen LogP contribution is 2.33. The monoisotopic (exact) mass is 469 g/mol. The van der Waals surface area contributed by atoms with Crippen molar-refractivity contribution in [2.24, 2.45) is 0 Å². The molecule has 1 N–H and O–H groups in total. The van der Waals surface area contributed by atoms with Gasteiger partial charge < -0.3 is 14.8 Å². The van der Waals surface area contributed by atoms with Gasteiger partial charge in [0.05, 0.1) is 36.0 Å². The zero-order valence-corrected chi connectivity index (χ0v) is 19.7. The molecule has 0 atom stereocenters. The number of carbonyl (C=O) groups is 1. The Kier molecular flexibility index (Phi) is 6.67. The van der Waals surface area contributed by atoms with Crippen LogP contribution in [-0.4, -0.2) is 28.9 Å². The number of nitrogens with zero attached hydrogens (tertiary/aromatic N) is 2. The van der Waals surface area contributed by atoms with Crippen molar-refractivity contribution in [3.63, 3.8) is 0 Å². The number of carbonyl (C=O) groups excluding carboxylic acids is 1. The summed E-state index contributed by atoms with van der Waals surface area (Å²) in [4.78, 5) is 14.6. The number of nitrogens with one attached hydrogen (secondary N) is 1. The average Bonchev–Trinajstić information content (AvgIpc) is 3.33. The molecular formula is C24H24ClN3O3S. The number of fused-ring (bicyclic) bond motifs is 1. The second kappa shape index (κ2) is 9.63. The van der Waals surface area contributed by atoms with Crippen LogP contribution in [0.1, 0.15) is 34.8 Å². The lowest BCUT2D eigenvalue weighted by Crippen LogP contribution is -2.12. The first-order valence-corrected chi connectivity index (χ1v) is 11.6. The van der Waals surface area contributed by atoms with Crippen molar-refractivity contribution in [3.05, 3.63) is 69.7 Å². The molecule has 1 amide bonds. The number of aryl methyl sites for hydroxylation is 1. The Balaban J connectivity index is 1.62. The first-order valence-electron chi connectivity index (χ1n) is 10.4. The summed E-state index contributed by atoms with van der Waals surface area (Å²) in [6.07, 6.45) is 0. The smallest absolute Gasteiger partial charge is 0.265 e. The van der Waals surface area contributed by atoms with Gasteiger partial charge in [-0.25, -0.2) is 0 Å². The Labute approximate surface area is 195 Å². The molecule has 0 spiro atoms. The zero-order valence-electron chi connectivity index (χ0n) is 18.1. The number of rotatable bonds is 8. The van der Waals surface area contributed by atoms with E-state index in [1.165, 1.54) is 11.3 Å². The van der Waals surface area contributed by atoms with Crippen molar-refractivity contribution < 1.29 is 14.3 Å². The highest BCUT2D eigenvalue weighted by molar-refractivity contribution is 7.20. The summed E-state index contributed by atoms with van der Waals surface area (Å²) in [5, 5.41) is 9.27. The highest BCUT2D eigenvalue weighted by atomic mass is 35.5. The summed E-state index contributed by atoms with van der Waals surface area (Å²) in [5.41, 5.74) is 2.43. The molecule has 0 unspecified atom stereocenters. The van der Waals surface area contributed by atoms with E-state index in [-0.39, 0.29) is 5.91 Å². The minimum absolute atomic E-state index is 0.204. The van der Waals surface area contributed by atoms with E-state index in [1.807, 2.05) is 61.9 Å². The Morgan fingerprint density at radius 3 is 2.66 bits per heavy atom. The zero-order chi connectivity index (χ0) is 22.7. The van der Waals surface area contributed by atoms with Crippen molar-refractivity contribution in [2.45, 2.75) is 27.3 Å². The fourth-order valence-corrected chi connectivity index (χ4v) is 4.70. The van der Waals surface area contributed by atoms with Crippen molar-refractivity contribution in [1.29, 1.82) is 0 Å². The first-order chi connectivity index (χ1) is 15.5. The first kappa shape index (κ1) is 22.2. The predicted molar refractivity (Wildman–Crippen MR) is 130 cm³/mol. The molecule has 8 heteroatoms. The Bertz CT molecular complexity index is 1260. The van der Waals surface area contributed by atoms with Crippen LogP contribution < -0.4 is 14.8 Å². The predicted octanol–water partition coefficient (Wildman–Crippen LogP) is 6.16. The number of thiophene rings is 1. The summed E-state index contributed by atoms with van der Waals surface area (Å²) in [6, 6.07) is 15.0. The lowest BCUT2D eigenvalue weighted by atomic mass is 10.2. The maximum Gasteiger partial charge on any atom is 0.265 e. The van der Waals surface area contributed by atoms with E-state index >= 15 is 0 Å². The normalized spacial score (nSPS) is 11.0. The fourth-order valence-electron chi connectivity index (χ4n) is 3.45. The van der Waals surface area contributed by atoms with Gasteiger partial charge in [0.2, 0.25) is 0 Å². The Hall–Kier alpha value is -3.03. The number of ether oxygens (including phenoxy) is 2. The molecular weight excluding hydrogens is 446 g/mol. The van der Waals surface area contributed by atoms with Gasteiger partial charge in [-0.1, -0.05) is 29.8 Å². The van der Waals surface area contributed by atoms with Gasteiger partial charge in [0.15, 0.2) is 0 Å². The second-order valence-electron chi connectivity index (χ2n) is 7.14. The Morgan fingerprint density at radius 1 is 1.12 bits per heavy atom. The largest absolute Gasteiger partial charge is 0.494 e. The third kappa shape index (κ3) is 4.59. The van der Waals surface area contributed by atoms with Gasteiger partial charge in [-0.15, -0.1) is 11.3 Å². The van der Waals surface area contributed by atoms with Crippen LogP contribution in [0.15, 0.2) is 48.5 Å².